The zero-order chi connectivity index (χ0) is 3.58. The van der Waals surface area contributed by atoms with Crippen LogP contribution in [0.5, 0.6) is 0 Å². The van der Waals surface area contributed by atoms with Gasteiger partial charge >= 0.3 is 43.8 Å². The van der Waals surface area contributed by atoms with Gasteiger partial charge in [-0.1, -0.05) is 0 Å². The summed E-state index contributed by atoms with van der Waals surface area (Å²) in [7, 11) is 0. The summed E-state index contributed by atoms with van der Waals surface area (Å²) in [6, 6.07) is -0.833. The van der Waals surface area contributed by atoms with Crippen LogP contribution < -0.4 is 11.5 Å². The van der Waals surface area contributed by atoms with E-state index >= 15 is 0 Å². The Morgan fingerprint density at radius 2 is 1.50 bits per heavy atom. The van der Waals surface area contributed by atoms with Crippen molar-refractivity contribution in [1.82, 2.24) is 0 Å². The maximum absolute atomic E-state index is 9.00. The fourth-order valence-corrected chi connectivity index (χ4v) is 0. The molecule has 4 N–H and O–H groups in total. The number of amides is 2. The van der Waals surface area contributed by atoms with Crippen LogP contribution in [0.4, 0.5) is 4.79 Å². The second-order valence-corrected chi connectivity index (χ2v) is 0.402. The minimum absolute atomic E-state index is 0. The number of halogens is 1. The van der Waals surface area contributed by atoms with Gasteiger partial charge in [0.2, 0.25) is 0 Å². The first kappa shape index (κ1) is 15.7. The Kier molecular flexibility index (Phi) is 24.6. The molecule has 0 aromatic heterocycles. The Hall–Kier alpha value is 1.01. The quantitative estimate of drug-likeness (QED) is 0.486. The van der Waals surface area contributed by atoms with Gasteiger partial charge in [-0.25, -0.2) is 4.79 Å². The maximum Gasteiger partial charge on any atom is 2.00 e. The van der Waals surface area contributed by atoms with E-state index in [1.807, 2.05) is 0 Å². The van der Waals surface area contributed by atoms with Crippen LogP contribution in [0, 0.1) is 0 Å². The molecule has 0 bridgehead atoms. The Morgan fingerprint density at radius 1 is 1.50 bits per heavy atom. The van der Waals surface area contributed by atoms with Crippen molar-refractivity contribution in [2.45, 2.75) is 0 Å². The van der Waals surface area contributed by atoms with E-state index < -0.39 is 6.03 Å². The third kappa shape index (κ3) is 79.0. The van der Waals surface area contributed by atoms with E-state index in [0.29, 0.717) is 0 Å². The third-order valence-electron chi connectivity index (χ3n) is 0. The Morgan fingerprint density at radius 3 is 1.50 bits per heavy atom. The second-order valence-electron chi connectivity index (χ2n) is 0.402. The third-order valence-corrected chi connectivity index (χ3v) is 0. The zero-order valence-electron chi connectivity index (χ0n) is 5.18. The molecular weight excluding hydrogens is 176 g/mol. The van der Waals surface area contributed by atoms with Crippen LogP contribution in [0.25, 0.3) is 0 Å². The molecule has 36 valence electrons. The van der Waals surface area contributed by atoms with Crippen molar-refractivity contribution in [2.75, 3.05) is 0 Å². The average molecular weight is 183 g/mol. The maximum atomic E-state index is 9.00. The number of hydrogen-bond donors (Lipinski definition) is 2. The predicted molar refractivity (Wildman–Crippen MR) is 32.1 cm³/mol. The SMILES string of the molecule is Br.NC(N)=O.[Ca+2].[H-].[H-]. The number of carbonyl (C=O) groups excluding carboxylic acids is 1. The van der Waals surface area contributed by atoms with Gasteiger partial charge in [-0.3, -0.25) is 0 Å². The van der Waals surface area contributed by atoms with E-state index in [9.17, 15) is 0 Å². The molecule has 2 amide bonds. The standard InChI is InChI=1S/CH4N2O.BrH.Ca.2H/c2-1(3)4;;;;/h(H4,2,3,4);1H;;;/q;;+2;2*-1. The van der Waals surface area contributed by atoms with E-state index in [1.54, 1.807) is 0 Å². The van der Waals surface area contributed by atoms with Crippen molar-refractivity contribution in [3.8, 4) is 0 Å². The summed E-state index contributed by atoms with van der Waals surface area (Å²) in [5.41, 5.74) is 8.50. The largest absolute Gasteiger partial charge is 2.00 e. The van der Waals surface area contributed by atoms with Crippen LogP contribution in [0.1, 0.15) is 2.85 Å². The molecule has 0 aromatic rings. The summed E-state index contributed by atoms with van der Waals surface area (Å²) < 4.78 is 0. The van der Waals surface area contributed by atoms with Crippen LogP contribution in [-0.2, 0) is 0 Å². The number of hydrogen-bond acceptors (Lipinski definition) is 1. The van der Waals surface area contributed by atoms with Gasteiger partial charge in [0.05, 0.1) is 0 Å². The number of rotatable bonds is 0. The van der Waals surface area contributed by atoms with Crippen LogP contribution in [-0.4, -0.2) is 43.8 Å². The van der Waals surface area contributed by atoms with Gasteiger partial charge < -0.3 is 14.3 Å². The molecule has 6 heavy (non-hydrogen) atoms. The van der Waals surface area contributed by atoms with Gasteiger partial charge in [0.1, 0.15) is 0 Å². The van der Waals surface area contributed by atoms with Crippen LogP contribution >= 0.6 is 17.0 Å². The summed E-state index contributed by atoms with van der Waals surface area (Å²) in [4.78, 5) is 9.00. The van der Waals surface area contributed by atoms with Gasteiger partial charge in [-0.15, -0.1) is 17.0 Å². The molecule has 3 nitrogen and oxygen atoms in total. The van der Waals surface area contributed by atoms with E-state index in [0.717, 1.165) is 0 Å². The summed E-state index contributed by atoms with van der Waals surface area (Å²) in [5.74, 6) is 0. The Labute approximate surface area is 79.2 Å². The number of carbonyl (C=O) groups is 1. The summed E-state index contributed by atoms with van der Waals surface area (Å²) in [5, 5.41) is 0. The molecule has 0 rings (SSSR count). The predicted octanol–water partition coefficient (Wildman–Crippen LogP) is -0.554. The molecule has 0 atom stereocenters. The van der Waals surface area contributed by atoms with Crippen molar-refractivity contribution in [1.29, 1.82) is 0 Å². The van der Waals surface area contributed by atoms with Crippen molar-refractivity contribution in [2.24, 2.45) is 11.5 Å². The number of urea groups is 1. The monoisotopic (exact) mass is 182 g/mol. The molecule has 0 aliphatic rings. The van der Waals surface area contributed by atoms with E-state index in [-0.39, 0.29) is 57.6 Å². The number of nitrogens with two attached hydrogens (primary N) is 2. The Balaban J connectivity index is -0.00000000750. The first-order chi connectivity index (χ1) is 1.73. The van der Waals surface area contributed by atoms with Crippen molar-refractivity contribution in [3.05, 3.63) is 0 Å². The van der Waals surface area contributed by atoms with E-state index in [1.165, 1.54) is 0 Å². The second kappa shape index (κ2) is 9.38. The zero-order valence-corrected chi connectivity index (χ0v) is 7.10. The van der Waals surface area contributed by atoms with Crippen LogP contribution in [0.3, 0.4) is 0 Å². The van der Waals surface area contributed by atoms with Crippen molar-refractivity contribution < 1.29 is 7.65 Å². The molecule has 0 radical (unpaired) electrons. The first-order valence-corrected chi connectivity index (χ1v) is 0.781. The molecule has 0 unspecified atom stereocenters. The van der Waals surface area contributed by atoms with Gasteiger partial charge in [-0.05, 0) is 0 Å². The normalized spacial score (nSPS) is 4.00. The van der Waals surface area contributed by atoms with E-state index in [4.69, 9.17) is 4.79 Å². The molecule has 0 heterocycles. The topological polar surface area (TPSA) is 69.1 Å². The van der Waals surface area contributed by atoms with Gasteiger partial charge in [0, 0.05) is 0 Å². The van der Waals surface area contributed by atoms with Gasteiger partial charge in [0.25, 0.3) is 0 Å². The van der Waals surface area contributed by atoms with Crippen LogP contribution in [0.2, 0.25) is 0 Å². The molecule has 0 saturated carbocycles. The summed E-state index contributed by atoms with van der Waals surface area (Å²) in [6.07, 6.45) is 0. The Bertz CT molecular complexity index is 43.0. The average Bonchev–Trinajstić information content (AvgIpc) is 0.811. The molecule has 0 aromatic carbocycles. The molecule has 0 saturated heterocycles. The van der Waals surface area contributed by atoms with Gasteiger partial charge in [0.15, 0.2) is 0 Å². The van der Waals surface area contributed by atoms with Gasteiger partial charge in [-0.2, -0.15) is 0 Å². The smallest absolute Gasteiger partial charge is 1.00 e. The first-order valence-electron chi connectivity index (χ1n) is 0.781. The molecule has 0 spiro atoms. The molecule has 5 heteroatoms. The molecule has 0 aliphatic heterocycles. The van der Waals surface area contributed by atoms with E-state index in [2.05, 4.69) is 11.5 Å². The minimum atomic E-state index is -0.833. The van der Waals surface area contributed by atoms with Crippen molar-refractivity contribution in [3.63, 3.8) is 0 Å². The molecule has 0 aliphatic carbocycles. The minimum Gasteiger partial charge on any atom is -1.00 e. The number of primary amides is 2. The fourth-order valence-electron chi connectivity index (χ4n) is 0. The van der Waals surface area contributed by atoms with Crippen molar-refractivity contribution >= 4 is 60.8 Å². The fraction of sp³-hybridized carbons (Fsp3) is 0. The van der Waals surface area contributed by atoms with Crippen LogP contribution in [0.15, 0.2) is 0 Å². The molecule has 0 fully saturated rings. The molecular formula is CH7BrCaN2O. The summed E-state index contributed by atoms with van der Waals surface area (Å²) in [6.45, 7) is 0. The summed E-state index contributed by atoms with van der Waals surface area (Å²) >= 11 is 0.